The zero-order valence-electron chi connectivity index (χ0n) is 22.8. The first-order chi connectivity index (χ1) is 18.9. The lowest BCUT2D eigenvalue weighted by molar-refractivity contribution is -0.127. The highest BCUT2D eigenvalue weighted by atomic mass is 16.2. The smallest absolute Gasteiger partial charge is 0.251 e. The van der Waals surface area contributed by atoms with Crippen molar-refractivity contribution in [3.05, 3.63) is 48.0 Å². The Morgan fingerprint density at radius 3 is 2.67 bits per heavy atom. The van der Waals surface area contributed by atoms with Gasteiger partial charge in [0, 0.05) is 22.9 Å². The normalized spacial score (nSPS) is 36.0. The first kappa shape index (κ1) is 23.7. The predicted molar refractivity (Wildman–Crippen MR) is 152 cm³/mol. The van der Waals surface area contributed by atoms with Gasteiger partial charge in [0.15, 0.2) is 0 Å². The van der Waals surface area contributed by atoms with Gasteiger partial charge in [0.05, 0.1) is 16.4 Å². The number of rotatable bonds is 5. The molecule has 3 aromatic rings. The summed E-state index contributed by atoms with van der Waals surface area (Å²) in [5.41, 5.74) is 4.54. The predicted octanol–water partition coefficient (Wildman–Crippen LogP) is 6.69. The first-order valence-electron chi connectivity index (χ1n) is 15.1. The van der Waals surface area contributed by atoms with E-state index >= 15 is 0 Å². The fraction of sp³-hybridized carbons (Fsp3) is 0.545. The molecule has 2 aromatic carbocycles. The lowest BCUT2D eigenvalue weighted by Crippen LogP contribution is -2.42. The van der Waals surface area contributed by atoms with Crippen LogP contribution in [0, 0.1) is 34.5 Å². The molecule has 1 aromatic heterocycles. The third-order valence-electron chi connectivity index (χ3n) is 11.5. The van der Waals surface area contributed by atoms with E-state index in [4.69, 9.17) is 4.98 Å². The number of nitrogens with zero attached hydrogens (tertiary/aromatic N) is 1. The van der Waals surface area contributed by atoms with E-state index in [1.165, 1.54) is 38.5 Å². The number of carbonyl (C=O) groups excluding carboxylic acids is 2. The fourth-order valence-electron chi connectivity index (χ4n) is 9.67. The van der Waals surface area contributed by atoms with Gasteiger partial charge in [0.25, 0.3) is 5.91 Å². The molecule has 1 heterocycles. The van der Waals surface area contributed by atoms with E-state index in [2.05, 4.69) is 22.5 Å². The number of aromatic nitrogens is 2. The van der Waals surface area contributed by atoms with Gasteiger partial charge in [-0.2, -0.15) is 0 Å². The van der Waals surface area contributed by atoms with Gasteiger partial charge in [-0.05, 0) is 123 Å². The van der Waals surface area contributed by atoms with Gasteiger partial charge >= 0.3 is 0 Å². The van der Waals surface area contributed by atoms with Gasteiger partial charge in [-0.1, -0.05) is 19.8 Å². The molecule has 7 atom stereocenters. The van der Waals surface area contributed by atoms with Gasteiger partial charge in [-0.3, -0.25) is 9.59 Å². The highest BCUT2D eigenvalue weighted by molar-refractivity contribution is 5.98. The number of hydrogen-bond donors (Lipinski definition) is 3. The van der Waals surface area contributed by atoms with Crippen LogP contribution in [-0.2, 0) is 4.79 Å². The molecule has 3 N–H and O–H groups in total. The van der Waals surface area contributed by atoms with Gasteiger partial charge in [0.1, 0.15) is 5.82 Å². The van der Waals surface area contributed by atoms with E-state index in [9.17, 15) is 9.59 Å². The van der Waals surface area contributed by atoms with Crippen LogP contribution < -0.4 is 10.6 Å². The average molecular weight is 523 g/mol. The zero-order valence-corrected chi connectivity index (χ0v) is 22.8. The molecule has 2 amide bonds. The van der Waals surface area contributed by atoms with Crippen molar-refractivity contribution in [2.75, 3.05) is 5.32 Å². The molecule has 6 heteroatoms. The number of anilines is 1. The molecule has 202 valence electrons. The summed E-state index contributed by atoms with van der Waals surface area (Å²) in [6.07, 6.45) is 12.1. The SMILES string of the molecule is CC1CCCCC1NC(=O)c1ccc2nc(-c3ccc(NC(=O)C45C[C@H]6C[C@@H]7C[C@@H](C4)C7(C6)C5)cc3)[nH]c2c1. The van der Waals surface area contributed by atoms with Crippen LogP contribution in [0.2, 0.25) is 0 Å². The van der Waals surface area contributed by atoms with Crippen molar-refractivity contribution in [1.82, 2.24) is 15.3 Å². The molecule has 5 aliphatic rings. The Balaban J connectivity index is 0.964. The van der Waals surface area contributed by atoms with Gasteiger partial charge in [0.2, 0.25) is 5.91 Å². The highest BCUT2D eigenvalue weighted by Crippen LogP contribution is 2.78. The number of carbonyl (C=O) groups is 2. The number of benzene rings is 2. The lowest BCUT2D eigenvalue weighted by atomic mass is 9.55. The molecule has 4 unspecified atom stereocenters. The molecule has 3 bridgehead atoms. The Morgan fingerprint density at radius 1 is 0.974 bits per heavy atom. The number of nitrogens with one attached hydrogen (secondary N) is 3. The number of H-pyrrole nitrogens is 1. The summed E-state index contributed by atoms with van der Waals surface area (Å²) >= 11 is 0. The molecule has 5 fully saturated rings. The summed E-state index contributed by atoms with van der Waals surface area (Å²) < 4.78 is 0. The molecule has 5 aliphatic carbocycles. The second-order valence-corrected chi connectivity index (χ2v) is 13.7. The monoisotopic (exact) mass is 522 g/mol. The second kappa shape index (κ2) is 8.42. The van der Waals surface area contributed by atoms with Crippen molar-refractivity contribution in [3.63, 3.8) is 0 Å². The Bertz CT molecular complexity index is 1470. The summed E-state index contributed by atoms with van der Waals surface area (Å²) in [6.45, 7) is 2.23. The molecule has 39 heavy (non-hydrogen) atoms. The van der Waals surface area contributed by atoms with E-state index < -0.39 is 0 Å². The first-order valence-corrected chi connectivity index (χ1v) is 15.1. The maximum absolute atomic E-state index is 13.6. The minimum absolute atomic E-state index is 0.0114. The van der Waals surface area contributed by atoms with E-state index in [1.54, 1.807) is 0 Å². The maximum atomic E-state index is 13.6. The van der Waals surface area contributed by atoms with Crippen molar-refractivity contribution < 1.29 is 9.59 Å². The molecule has 8 rings (SSSR count). The van der Waals surface area contributed by atoms with Crippen molar-refractivity contribution >= 4 is 28.5 Å². The summed E-state index contributed by atoms with van der Waals surface area (Å²) in [5, 5.41) is 6.53. The standard InChI is InChI=1S/C33H38N4O2/c1-19-4-2-3-5-26(19)37-30(38)22-8-11-27-28(13-22)36-29(35-27)21-6-9-25(10-7-21)34-31(39)32-15-20-12-23-14-24(17-32)33(23,16-20)18-32/h6-11,13,19-20,23-24,26H,2-5,12,14-18H2,1H3,(H,34,39)(H,35,36)(H,37,38)/t19?,20-,23-,24+,26?,32?,33?/m1/s1. The van der Waals surface area contributed by atoms with E-state index in [0.29, 0.717) is 16.9 Å². The summed E-state index contributed by atoms with van der Waals surface area (Å²) in [4.78, 5) is 34.7. The van der Waals surface area contributed by atoms with Crippen LogP contribution in [0.1, 0.15) is 81.5 Å². The summed E-state index contributed by atoms with van der Waals surface area (Å²) in [5.74, 6) is 3.98. The number of aromatic amines is 1. The zero-order chi connectivity index (χ0) is 26.4. The van der Waals surface area contributed by atoms with Gasteiger partial charge < -0.3 is 15.6 Å². The minimum Gasteiger partial charge on any atom is -0.349 e. The van der Waals surface area contributed by atoms with Crippen LogP contribution >= 0.6 is 0 Å². The Kier molecular flexibility index (Phi) is 5.12. The number of amides is 2. The largest absolute Gasteiger partial charge is 0.349 e. The van der Waals surface area contributed by atoms with Crippen LogP contribution in [0.15, 0.2) is 42.5 Å². The summed E-state index contributed by atoms with van der Waals surface area (Å²) in [7, 11) is 0. The minimum atomic E-state index is -0.144. The fourth-order valence-corrected chi connectivity index (χ4v) is 9.67. The maximum Gasteiger partial charge on any atom is 0.251 e. The Morgan fingerprint density at radius 2 is 1.82 bits per heavy atom. The van der Waals surface area contributed by atoms with Crippen molar-refractivity contribution in [2.45, 2.75) is 77.2 Å². The Hall–Kier alpha value is -3.15. The van der Waals surface area contributed by atoms with Crippen molar-refractivity contribution in [1.29, 1.82) is 0 Å². The van der Waals surface area contributed by atoms with Crippen LogP contribution in [0.5, 0.6) is 0 Å². The molecular formula is C33H38N4O2. The third kappa shape index (κ3) is 3.63. The average Bonchev–Trinajstić information content (AvgIpc) is 3.51. The topological polar surface area (TPSA) is 86.9 Å². The van der Waals surface area contributed by atoms with Crippen LogP contribution in [0.4, 0.5) is 5.69 Å². The summed E-state index contributed by atoms with van der Waals surface area (Å²) in [6, 6.07) is 13.9. The van der Waals surface area contributed by atoms with E-state index in [0.717, 1.165) is 71.5 Å². The number of imidazole rings is 1. The molecular weight excluding hydrogens is 484 g/mol. The molecule has 6 nitrogen and oxygen atoms in total. The van der Waals surface area contributed by atoms with E-state index in [1.807, 2.05) is 42.5 Å². The van der Waals surface area contributed by atoms with Gasteiger partial charge in [-0.25, -0.2) is 4.98 Å². The third-order valence-corrected chi connectivity index (χ3v) is 11.5. The van der Waals surface area contributed by atoms with Crippen molar-refractivity contribution in [2.24, 2.45) is 34.5 Å². The molecule has 0 saturated heterocycles. The van der Waals surface area contributed by atoms with Gasteiger partial charge in [-0.15, -0.1) is 0 Å². The molecule has 0 aliphatic heterocycles. The molecule has 1 spiro atoms. The van der Waals surface area contributed by atoms with Crippen molar-refractivity contribution in [3.8, 4) is 11.4 Å². The van der Waals surface area contributed by atoms with Crippen LogP contribution in [0.25, 0.3) is 22.4 Å². The second-order valence-electron chi connectivity index (χ2n) is 13.7. The Labute approximate surface area is 229 Å². The lowest BCUT2D eigenvalue weighted by Gasteiger charge is -2.49. The van der Waals surface area contributed by atoms with Crippen LogP contribution in [-0.4, -0.2) is 27.8 Å². The number of hydrogen-bond acceptors (Lipinski definition) is 3. The molecule has 0 radical (unpaired) electrons. The van der Waals surface area contributed by atoms with Crippen LogP contribution in [0.3, 0.4) is 0 Å². The number of fused-ring (bicyclic) bond motifs is 3. The van der Waals surface area contributed by atoms with E-state index in [-0.39, 0.29) is 23.3 Å². The highest BCUT2D eigenvalue weighted by Gasteiger charge is 2.72. The quantitative estimate of drug-likeness (QED) is 0.349. The molecule has 5 saturated carbocycles.